The molecule has 1 aromatic rings. The van der Waals surface area contributed by atoms with E-state index in [2.05, 4.69) is 11.4 Å². The van der Waals surface area contributed by atoms with Gasteiger partial charge in [0.05, 0.1) is 0 Å². The van der Waals surface area contributed by atoms with Crippen molar-refractivity contribution in [2.24, 2.45) is 0 Å². The van der Waals surface area contributed by atoms with Crippen molar-refractivity contribution in [2.75, 3.05) is 19.7 Å². The van der Waals surface area contributed by atoms with Crippen LogP contribution in [-0.4, -0.2) is 30.8 Å². The lowest BCUT2D eigenvalue weighted by Crippen LogP contribution is -2.26. The number of piperidine rings is 1. The molecule has 92 valence electrons. The lowest BCUT2D eigenvalue weighted by Gasteiger charge is -2.23. The monoisotopic (exact) mass is 235 g/mol. The van der Waals surface area contributed by atoms with Crippen LogP contribution in [-0.2, 0) is 4.79 Å². The van der Waals surface area contributed by atoms with E-state index in [0.717, 1.165) is 25.9 Å². The Hall–Kier alpha value is -1.55. The van der Waals surface area contributed by atoms with Crippen LogP contribution in [0.15, 0.2) is 24.3 Å². The Bertz CT molecular complexity index is 386. The van der Waals surface area contributed by atoms with Crippen LogP contribution >= 0.6 is 0 Å². The van der Waals surface area contributed by atoms with E-state index >= 15 is 0 Å². The molecule has 4 nitrogen and oxygen atoms in total. The van der Waals surface area contributed by atoms with E-state index in [1.807, 2.05) is 12.1 Å². The van der Waals surface area contributed by atoms with Gasteiger partial charge < -0.3 is 15.2 Å². The number of carboxylic acid groups (broad SMARTS) is 1. The highest BCUT2D eigenvalue weighted by Gasteiger charge is 2.15. The standard InChI is InChI=1S/C13H17NO3/c15-13(16)9-17-12-3-1-2-11(8-12)10-4-6-14-7-5-10/h1-3,8,10,14H,4-7,9H2,(H,15,16). The fourth-order valence-corrected chi connectivity index (χ4v) is 2.16. The third-order valence-electron chi connectivity index (χ3n) is 3.03. The maximum absolute atomic E-state index is 10.4. The molecule has 17 heavy (non-hydrogen) atoms. The second-order valence-corrected chi connectivity index (χ2v) is 4.28. The van der Waals surface area contributed by atoms with Crippen molar-refractivity contribution in [1.82, 2.24) is 5.32 Å². The highest BCUT2D eigenvalue weighted by Crippen LogP contribution is 2.27. The Morgan fingerprint density at radius 1 is 1.41 bits per heavy atom. The first kappa shape index (κ1) is 11.9. The average molecular weight is 235 g/mol. The van der Waals surface area contributed by atoms with Crippen molar-refractivity contribution < 1.29 is 14.6 Å². The summed E-state index contributed by atoms with van der Waals surface area (Å²) in [6.45, 7) is 1.81. The third-order valence-corrected chi connectivity index (χ3v) is 3.03. The number of nitrogens with one attached hydrogen (secondary N) is 1. The van der Waals surface area contributed by atoms with Crippen molar-refractivity contribution in [2.45, 2.75) is 18.8 Å². The second-order valence-electron chi connectivity index (χ2n) is 4.28. The van der Waals surface area contributed by atoms with Gasteiger partial charge in [0.15, 0.2) is 6.61 Å². The normalized spacial score (nSPS) is 16.7. The van der Waals surface area contributed by atoms with Gasteiger partial charge in [0.1, 0.15) is 5.75 Å². The molecule has 2 rings (SSSR count). The predicted molar refractivity (Wildman–Crippen MR) is 64.4 cm³/mol. The maximum Gasteiger partial charge on any atom is 0.341 e. The minimum Gasteiger partial charge on any atom is -0.482 e. The Balaban J connectivity index is 2.02. The molecule has 1 aliphatic heterocycles. The molecule has 0 spiro atoms. The molecule has 0 unspecified atom stereocenters. The Labute approximate surface area is 101 Å². The van der Waals surface area contributed by atoms with Crippen molar-refractivity contribution in [1.29, 1.82) is 0 Å². The quantitative estimate of drug-likeness (QED) is 0.832. The molecule has 0 aliphatic carbocycles. The fourth-order valence-electron chi connectivity index (χ4n) is 2.16. The van der Waals surface area contributed by atoms with Crippen LogP contribution in [0.1, 0.15) is 24.3 Å². The van der Waals surface area contributed by atoms with E-state index in [4.69, 9.17) is 9.84 Å². The van der Waals surface area contributed by atoms with E-state index in [0.29, 0.717) is 11.7 Å². The van der Waals surface area contributed by atoms with Crippen molar-refractivity contribution in [3.8, 4) is 5.75 Å². The van der Waals surface area contributed by atoms with E-state index < -0.39 is 5.97 Å². The number of hydrogen-bond acceptors (Lipinski definition) is 3. The van der Waals surface area contributed by atoms with Gasteiger partial charge >= 0.3 is 5.97 Å². The summed E-state index contributed by atoms with van der Waals surface area (Å²) in [5, 5.41) is 11.9. The Morgan fingerprint density at radius 2 is 2.18 bits per heavy atom. The number of carbonyl (C=O) groups is 1. The van der Waals surface area contributed by atoms with Gasteiger partial charge in [-0.25, -0.2) is 4.79 Å². The molecule has 0 amide bonds. The molecule has 1 saturated heterocycles. The lowest BCUT2D eigenvalue weighted by molar-refractivity contribution is -0.139. The topological polar surface area (TPSA) is 58.6 Å². The molecule has 1 aliphatic rings. The first-order valence-electron chi connectivity index (χ1n) is 5.91. The van der Waals surface area contributed by atoms with Crippen LogP contribution in [0.3, 0.4) is 0 Å². The molecule has 2 N–H and O–H groups in total. The van der Waals surface area contributed by atoms with Crippen molar-refractivity contribution in [3.05, 3.63) is 29.8 Å². The average Bonchev–Trinajstić information content (AvgIpc) is 2.38. The number of carboxylic acids is 1. The molecule has 1 fully saturated rings. The van der Waals surface area contributed by atoms with E-state index in [-0.39, 0.29) is 6.61 Å². The molecule has 1 aromatic carbocycles. The van der Waals surface area contributed by atoms with Gasteiger partial charge in [0.2, 0.25) is 0 Å². The molecule has 0 atom stereocenters. The molecule has 0 aromatic heterocycles. The minimum atomic E-state index is -0.947. The smallest absolute Gasteiger partial charge is 0.341 e. The number of rotatable bonds is 4. The third kappa shape index (κ3) is 3.46. The van der Waals surface area contributed by atoms with Gasteiger partial charge in [-0.2, -0.15) is 0 Å². The largest absolute Gasteiger partial charge is 0.482 e. The summed E-state index contributed by atoms with van der Waals surface area (Å²) in [7, 11) is 0. The molecular weight excluding hydrogens is 218 g/mol. The van der Waals surface area contributed by atoms with Gasteiger partial charge in [-0.05, 0) is 49.5 Å². The lowest BCUT2D eigenvalue weighted by atomic mass is 9.90. The number of aliphatic carboxylic acids is 1. The molecule has 0 saturated carbocycles. The predicted octanol–water partition coefficient (Wildman–Crippen LogP) is 1.62. The maximum atomic E-state index is 10.4. The summed E-state index contributed by atoms with van der Waals surface area (Å²) >= 11 is 0. The minimum absolute atomic E-state index is 0.282. The summed E-state index contributed by atoms with van der Waals surface area (Å²) in [4.78, 5) is 10.4. The number of ether oxygens (including phenoxy) is 1. The van der Waals surface area contributed by atoms with Gasteiger partial charge in [0.25, 0.3) is 0 Å². The highest BCUT2D eigenvalue weighted by molar-refractivity contribution is 5.68. The summed E-state index contributed by atoms with van der Waals surface area (Å²) in [6.07, 6.45) is 2.25. The Morgan fingerprint density at radius 3 is 2.88 bits per heavy atom. The number of hydrogen-bond donors (Lipinski definition) is 2. The van der Waals surface area contributed by atoms with Crippen LogP contribution in [0.2, 0.25) is 0 Å². The molecule has 4 heteroatoms. The Kier molecular flexibility index (Phi) is 3.98. The van der Waals surface area contributed by atoms with Crippen LogP contribution < -0.4 is 10.1 Å². The van der Waals surface area contributed by atoms with E-state index in [1.165, 1.54) is 5.56 Å². The van der Waals surface area contributed by atoms with E-state index in [9.17, 15) is 4.79 Å². The molecular formula is C13H17NO3. The molecule has 1 heterocycles. The van der Waals surface area contributed by atoms with Gasteiger partial charge in [-0.15, -0.1) is 0 Å². The first-order valence-corrected chi connectivity index (χ1v) is 5.91. The fraction of sp³-hybridized carbons (Fsp3) is 0.462. The van der Waals surface area contributed by atoms with Gasteiger partial charge in [0, 0.05) is 0 Å². The van der Waals surface area contributed by atoms with Crippen molar-refractivity contribution >= 4 is 5.97 Å². The molecule has 0 bridgehead atoms. The zero-order chi connectivity index (χ0) is 12.1. The summed E-state index contributed by atoms with van der Waals surface area (Å²) in [5.41, 5.74) is 1.24. The molecule has 0 radical (unpaired) electrons. The van der Waals surface area contributed by atoms with Gasteiger partial charge in [-0.3, -0.25) is 0 Å². The number of benzene rings is 1. The SMILES string of the molecule is O=C(O)COc1cccc(C2CCNCC2)c1. The highest BCUT2D eigenvalue weighted by atomic mass is 16.5. The van der Waals surface area contributed by atoms with Crippen molar-refractivity contribution in [3.63, 3.8) is 0 Å². The summed E-state index contributed by atoms with van der Waals surface area (Å²) in [6, 6.07) is 7.77. The first-order chi connectivity index (χ1) is 8.25. The zero-order valence-corrected chi connectivity index (χ0v) is 9.69. The summed E-state index contributed by atoms with van der Waals surface area (Å²) < 4.78 is 5.18. The summed E-state index contributed by atoms with van der Waals surface area (Å²) in [5.74, 6) is 0.255. The van der Waals surface area contributed by atoms with Gasteiger partial charge in [-0.1, -0.05) is 12.1 Å². The van der Waals surface area contributed by atoms with Crippen LogP contribution in [0.5, 0.6) is 5.75 Å². The second kappa shape index (κ2) is 5.68. The zero-order valence-electron chi connectivity index (χ0n) is 9.69. The van der Waals surface area contributed by atoms with Crippen LogP contribution in [0, 0.1) is 0 Å². The van der Waals surface area contributed by atoms with E-state index in [1.54, 1.807) is 6.07 Å². The van der Waals surface area contributed by atoms with Crippen LogP contribution in [0.25, 0.3) is 0 Å². The van der Waals surface area contributed by atoms with Crippen LogP contribution in [0.4, 0.5) is 0 Å².